The van der Waals surface area contributed by atoms with Gasteiger partial charge in [0.15, 0.2) is 0 Å². The SMILES string of the molecule is CC1(C)c2ccccc2-c2nc3ccc4ccccc4c3c(-c3ccc(-c4cn5ccccc5n4)cc3)c21.CC1(C)c2ccccc2-c2nc3ccccc3c(-c3ccc(-c4ccccc4)cc3)c21.CC1(C)c2ccccc2-c2nc3ccccc3c(-c3ccc(-c4ccccn4)cc3)c21.CC1(C)c2ccccc2-c2nc3ccccc3c(-c3ccc(-c4cccnc4)cc3)c21. The smallest absolute Gasteiger partial charge is 0.137 e. The van der Waals surface area contributed by atoms with E-state index in [0.717, 1.165) is 78.6 Å². The normalized spacial score (nSPS) is 13.7. The van der Waals surface area contributed by atoms with Crippen LogP contribution < -0.4 is 0 Å². The summed E-state index contributed by atoms with van der Waals surface area (Å²) in [7, 11) is 0. The largest absolute Gasteiger partial charge is 0.306 e. The van der Waals surface area contributed by atoms with Gasteiger partial charge in [-0.25, -0.2) is 24.9 Å². The van der Waals surface area contributed by atoms with Gasteiger partial charge in [0.05, 0.1) is 56.2 Å². The first-order valence-electron chi connectivity index (χ1n) is 45.3. The summed E-state index contributed by atoms with van der Waals surface area (Å²) in [5.41, 5.74) is 43.8. The lowest BCUT2D eigenvalue weighted by Gasteiger charge is -2.25. The van der Waals surface area contributed by atoms with E-state index in [1.807, 2.05) is 67.3 Å². The molecule has 0 radical (unpaired) electrons. The first-order valence-corrected chi connectivity index (χ1v) is 45.3. The average Bonchev–Trinajstić information content (AvgIpc) is 1.59. The summed E-state index contributed by atoms with van der Waals surface area (Å²) in [4.78, 5) is 34.3. The van der Waals surface area contributed by atoms with E-state index in [0.29, 0.717) is 0 Å². The molecule has 14 aromatic carbocycles. The third kappa shape index (κ3) is 13.3. The van der Waals surface area contributed by atoms with Crippen molar-refractivity contribution in [1.29, 1.82) is 0 Å². The second-order valence-corrected chi connectivity index (χ2v) is 37.0. The molecule has 0 spiro atoms. The molecule has 0 saturated carbocycles. The van der Waals surface area contributed by atoms with Gasteiger partial charge >= 0.3 is 0 Å². The molecule has 0 fully saturated rings. The van der Waals surface area contributed by atoms with Crippen LogP contribution in [0.5, 0.6) is 0 Å². The molecule has 26 rings (SSSR count). The molecule has 0 N–H and O–H groups in total. The number of fused-ring (bicyclic) bond motifs is 19. The molecule has 0 atom stereocenters. The Morgan fingerprint density at radius 3 is 1.02 bits per heavy atom. The van der Waals surface area contributed by atoms with Gasteiger partial charge < -0.3 is 4.40 Å². The zero-order valence-electron chi connectivity index (χ0n) is 74.3. The van der Waals surface area contributed by atoms with Crippen molar-refractivity contribution in [2.45, 2.75) is 77.0 Å². The average molecular weight is 1680 g/mol. The van der Waals surface area contributed by atoms with Gasteiger partial charge in [-0.3, -0.25) is 9.97 Å². The van der Waals surface area contributed by atoms with E-state index >= 15 is 0 Å². The molecule has 8 heteroatoms. The maximum absolute atomic E-state index is 5.31. The fourth-order valence-corrected chi connectivity index (χ4v) is 21.6. The highest BCUT2D eigenvalue weighted by atomic mass is 15.0. The van der Waals surface area contributed by atoms with Crippen LogP contribution >= 0.6 is 0 Å². The standard InChI is InChI=1S/C35H25N3.C30H23N.2C29H22N2/c1-35(2)27-12-6-5-11-26(27)34-33(35)31(32-25-10-4-3-9-22(25)18-19-28(32)37-34)24-16-14-23(15-17-24)29-21-38-20-8-7-13-30(38)36-29;1-30(2)25-14-8-6-12-23(25)29-28(30)27(24-13-7-9-15-26(24)31-29)22-18-16-21(17-19-22)20-10-4-3-5-11-20;1-29(2)23-11-5-3-9-21(23)28-27(29)26(22-10-4-6-13-25(22)31-28)20-16-14-19(15-17-20)24-12-7-8-18-30-24;1-29(2)24-11-5-3-9-22(24)28-27(29)26(23-10-4-6-12-25(23)31-28)20-15-13-19(14-16-20)21-8-7-17-30-18-21/h3-21H,1-2H3;3-19H,1-2H3;2*3-18H,1-2H3. The van der Waals surface area contributed by atoms with Gasteiger partial charge in [0.25, 0.3) is 0 Å². The summed E-state index contributed by atoms with van der Waals surface area (Å²) in [6.45, 7) is 18.6. The number of aromatic nitrogens is 8. The number of benzene rings is 14. The van der Waals surface area contributed by atoms with E-state index in [4.69, 9.17) is 24.9 Å². The zero-order chi connectivity index (χ0) is 88.4. The van der Waals surface area contributed by atoms with E-state index in [1.165, 1.54) is 160 Å². The molecule has 8 heterocycles. The third-order valence-corrected chi connectivity index (χ3v) is 27.9. The number of rotatable bonds is 8. The molecular formula is C123H92N8. The highest BCUT2D eigenvalue weighted by Gasteiger charge is 2.44. The van der Waals surface area contributed by atoms with E-state index in [9.17, 15) is 0 Å². The van der Waals surface area contributed by atoms with E-state index in [2.05, 4.69) is 416 Å². The summed E-state index contributed by atoms with van der Waals surface area (Å²) in [6, 6.07) is 136. The topological polar surface area (TPSA) is 94.6 Å². The Morgan fingerprint density at radius 2 is 0.580 bits per heavy atom. The number of hydrogen-bond donors (Lipinski definition) is 0. The Hall–Kier alpha value is -16.0. The van der Waals surface area contributed by atoms with Crippen molar-refractivity contribution in [2.24, 2.45) is 0 Å². The Bertz CT molecular complexity index is 7710. The van der Waals surface area contributed by atoms with Crippen molar-refractivity contribution in [3.63, 3.8) is 0 Å². The molecule has 8 aromatic heterocycles. The number of pyridine rings is 7. The van der Waals surface area contributed by atoms with Gasteiger partial charge in [-0.2, -0.15) is 0 Å². The molecule has 4 aliphatic rings. The van der Waals surface area contributed by atoms with Crippen LogP contribution in [0, 0.1) is 0 Å². The van der Waals surface area contributed by atoms with Crippen LogP contribution in [0.4, 0.5) is 0 Å². The van der Waals surface area contributed by atoms with Crippen molar-refractivity contribution < 1.29 is 0 Å². The van der Waals surface area contributed by atoms with Crippen LogP contribution in [0.1, 0.15) is 99.9 Å². The van der Waals surface area contributed by atoms with Gasteiger partial charge in [0.2, 0.25) is 0 Å². The molecule has 131 heavy (non-hydrogen) atoms. The fourth-order valence-electron chi connectivity index (χ4n) is 21.6. The van der Waals surface area contributed by atoms with Gasteiger partial charge in [0.1, 0.15) is 5.65 Å². The maximum atomic E-state index is 5.31. The van der Waals surface area contributed by atoms with Gasteiger partial charge in [0, 0.05) is 108 Å². The molecule has 0 amide bonds. The summed E-state index contributed by atoms with van der Waals surface area (Å²) >= 11 is 0. The van der Waals surface area contributed by atoms with E-state index in [-0.39, 0.29) is 21.7 Å². The monoisotopic (exact) mass is 1680 g/mol. The molecule has 0 aliphatic heterocycles. The van der Waals surface area contributed by atoms with Gasteiger partial charge in [-0.15, -0.1) is 0 Å². The summed E-state index contributed by atoms with van der Waals surface area (Å²) in [5, 5.41) is 7.32. The van der Waals surface area contributed by atoms with Crippen molar-refractivity contribution >= 4 is 60.0 Å². The molecule has 4 aliphatic carbocycles. The minimum absolute atomic E-state index is 0.101. The molecule has 22 aromatic rings. The summed E-state index contributed by atoms with van der Waals surface area (Å²) in [5.74, 6) is 0. The van der Waals surface area contributed by atoms with Crippen LogP contribution in [-0.2, 0) is 21.7 Å². The Labute approximate surface area is 763 Å². The fraction of sp³-hybridized carbons (Fsp3) is 0.0976. The second-order valence-electron chi connectivity index (χ2n) is 37.0. The lowest BCUT2D eigenvalue weighted by Crippen LogP contribution is -2.16. The van der Waals surface area contributed by atoms with Crippen LogP contribution in [-0.4, -0.2) is 39.3 Å². The van der Waals surface area contributed by atoms with Crippen molar-refractivity contribution in [3.8, 4) is 134 Å². The summed E-state index contributed by atoms with van der Waals surface area (Å²) in [6.07, 6.45) is 9.69. The Kier molecular flexibility index (Phi) is 19.1. The quantitative estimate of drug-likeness (QED) is 0.140. The van der Waals surface area contributed by atoms with Crippen LogP contribution in [0.15, 0.2) is 413 Å². The second kappa shape index (κ2) is 31.5. The lowest BCUT2D eigenvalue weighted by molar-refractivity contribution is 0.661. The first kappa shape index (κ1) is 79.6. The Balaban J connectivity index is 0.0000000997. The van der Waals surface area contributed by atoms with Crippen molar-refractivity contribution in [2.75, 3.05) is 0 Å². The number of imidazole rings is 1. The molecule has 0 saturated heterocycles. The van der Waals surface area contributed by atoms with Crippen molar-refractivity contribution in [3.05, 3.63) is 458 Å². The third-order valence-electron chi connectivity index (χ3n) is 27.9. The number of hydrogen-bond acceptors (Lipinski definition) is 7. The molecule has 624 valence electrons. The number of nitrogens with zero attached hydrogens (tertiary/aromatic N) is 8. The number of para-hydroxylation sites is 3. The summed E-state index contributed by atoms with van der Waals surface area (Å²) < 4.78 is 2.07. The van der Waals surface area contributed by atoms with Crippen LogP contribution in [0.2, 0.25) is 0 Å². The molecule has 8 nitrogen and oxygen atoms in total. The highest BCUT2D eigenvalue weighted by Crippen LogP contribution is 2.59. The van der Waals surface area contributed by atoms with Crippen molar-refractivity contribution in [1.82, 2.24) is 39.3 Å². The predicted molar refractivity (Wildman–Crippen MR) is 543 cm³/mol. The minimum atomic E-state index is -0.167. The molecular weight excluding hydrogens is 1590 g/mol. The highest BCUT2D eigenvalue weighted by molar-refractivity contribution is 6.16. The van der Waals surface area contributed by atoms with Gasteiger partial charge in [-0.1, -0.05) is 383 Å². The molecule has 0 unspecified atom stereocenters. The predicted octanol–water partition coefficient (Wildman–Crippen LogP) is 31.1. The van der Waals surface area contributed by atoms with E-state index < -0.39 is 0 Å². The minimum Gasteiger partial charge on any atom is -0.306 e. The van der Waals surface area contributed by atoms with E-state index in [1.54, 1.807) is 0 Å². The maximum Gasteiger partial charge on any atom is 0.137 e. The van der Waals surface area contributed by atoms with Crippen LogP contribution in [0.3, 0.4) is 0 Å². The molecule has 0 bridgehead atoms. The first-order chi connectivity index (χ1) is 64.0. The van der Waals surface area contributed by atoms with Gasteiger partial charge in [-0.05, 0) is 177 Å². The Morgan fingerprint density at radius 1 is 0.229 bits per heavy atom. The lowest BCUT2D eigenvalue weighted by atomic mass is 9.78. The zero-order valence-corrected chi connectivity index (χ0v) is 74.3. The van der Waals surface area contributed by atoms with Crippen LogP contribution in [0.25, 0.3) is 194 Å².